The van der Waals surface area contributed by atoms with Crippen molar-refractivity contribution in [1.82, 2.24) is 15.5 Å². The van der Waals surface area contributed by atoms with Crippen LogP contribution in [-0.4, -0.2) is 64.2 Å². The number of aliphatic imine (C=N–C) groups is 1. The molecular formula is C19H32N4O2S. The van der Waals surface area contributed by atoms with Crippen molar-refractivity contribution in [3.8, 4) is 0 Å². The molecule has 1 heterocycles. The van der Waals surface area contributed by atoms with Gasteiger partial charge in [-0.25, -0.2) is 4.99 Å². The van der Waals surface area contributed by atoms with E-state index < -0.39 is 0 Å². The van der Waals surface area contributed by atoms with Gasteiger partial charge in [-0.05, 0) is 24.3 Å². The maximum atomic E-state index is 11.9. The van der Waals surface area contributed by atoms with Gasteiger partial charge in [0.25, 0.3) is 0 Å². The molecule has 0 aliphatic heterocycles. The first-order valence-electron chi connectivity index (χ1n) is 9.33. The van der Waals surface area contributed by atoms with Gasteiger partial charge in [0, 0.05) is 44.6 Å². The zero-order valence-electron chi connectivity index (χ0n) is 16.2. The van der Waals surface area contributed by atoms with Crippen LogP contribution >= 0.6 is 11.3 Å². The van der Waals surface area contributed by atoms with Gasteiger partial charge in [-0.1, -0.05) is 25.3 Å². The van der Waals surface area contributed by atoms with Gasteiger partial charge < -0.3 is 20.3 Å². The molecule has 0 atom stereocenters. The minimum Gasteiger partial charge on any atom is -0.383 e. The van der Waals surface area contributed by atoms with Crippen molar-refractivity contribution >= 4 is 23.2 Å². The van der Waals surface area contributed by atoms with E-state index in [0.29, 0.717) is 19.1 Å². The van der Waals surface area contributed by atoms with Crippen LogP contribution in [0.15, 0.2) is 22.5 Å². The summed E-state index contributed by atoms with van der Waals surface area (Å²) in [6, 6.07) is 4.39. The molecule has 1 amide bonds. The Bertz CT molecular complexity index is 566. The summed E-state index contributed by atoms with van der Waals surface area (Å²) in [5.41, 5.74) is 0.168. The molecule has 1 aliphatic rings. The highest BCUT2D eigenvalue weighted by Crippen LogP contribution is 2.41. The van der Waals surface area contributed by atoms with Gasteiger partial charge in [-0.3, -0.25) is 4.79 Å². The van der Waals surface area contributed by atoms with Crippen molar-refractivity contribution in [2.24, 2.45) is 4.99 Å². The second-order valence-electron chi connectivity index (χ2n) is 7.04. The molecular weight excluding hydrogens is 348 g/mol. The third-order valence-electron chi connectivity index (χ3n) is 4.92. The van der Waals surface area contributed by atoms with Crippen LogP contribution in [-0.2, 0) is 14.9 Å². The van der Waals surface area contributed by atoms with Crippen molar-refractivity contribution in [3.63, 3.8) is 0 Å². The second kappa shape index (κ2) is 10.5. The Kier molecular flexibility index (Phi) is 8.38. The molecule has 1 aliphatic carbocycles. The fourth-order valence-corrected chi connectivity index (χ4v) is 4.29. The van der Waals surface area contributed by atoms with Crippen LogP contribution in [0.3, 0.4) is 0 Å². The lowest BCUT2D eigenvalue weighted by Crippen LogP contribution is -2.47. The molecule has 0 saturated heterocycles. The third-order valence-corrected chi connectivity index (χ3v) is 6.03. The molecule has 2 N–H and O–H groups in total. The highest BCUT2D eigenvalue weighted by atomic mass is 32.1. The Morgan fingerprint density at radius 3 is 2.69 bits per heavy atom. The number of likely N-dealkylation sites (N-methyl/N-ethyl adjacent to an activating group) is 1. The Morgan fingerprint density at radius 1 is 1.31 bits per heavy atom. The molecule has 0 radical (unpaired) electrons. The summed E-state index contributed by atoms with van der Waals surface area (Å²) in [5, 5.41) is 8.91. The van der Waals surface area contributed by atoms with Crippen LogP contribution in [0.2, 0.25) is 0 Å². The fourth-order valence-electron chi connectivity index (χ4n) is 3.31. The number of carbonyl (C=O) groups is 1. The fraction of sp³-hybridized carbons (Fsp3) is 0.684. The maximum absolute atomic E-state index is 11.9. The smallest absolute Gasteiger partial charge is 0.243 e. The number of ether oxygens (including phenoxy) is 1. The number of nitrogens with one attached hydrogen (secondary N) is 2. The van der Waals surface area contributed by atoms with E-state index in [1.807, 2.05) is 11.3 Å². The maximum Gasteiger partial charge on any atom is 0.243 e. The lowest BCUT2D eigenvalue weighted by molar-refractivity contribution is -0.127. The van der Waals surface area contributed by atoms with E-state index in [9.17, 15) is 4.79 Å². The van der Waals surface area contributed by atoms with Crippen LogP contribution < -0.4 is 10.6 Å². The van der Waals surface area contributed by atoms with Crippen molar-refractivity contribution in [1.29, 1.82) is 0 Å². The average molecular weight is 381 g/mol. The number of guanidine groups is 1. The van der Waals surface area contributed by atoms with E-state index in [1.165, 1.54) is 37.0 Å². The van der Waals surface area contributed by atoms with E-state index in [-0.39, 0.29) is 17.9 Å². The van der Waals surface area contributed by atoms with Gasteiger partial charge in [0.05, 0.1) is 6.61 Å². The third kappa shape index (κ3) is 5.99. The lowest BCUT2D eigenvalue weighted by atomic mass is 9.73. The van der Waals surface area contributed by atoms with Crippen molar-refractivity contribution in [2.75, 3.05) is 47.4 Å². The first-order valence-corrected chi connectivity index (χ1v) is 10.2. The van der Waals surface area contributed by atoms with Gasteiger partial charge in [-0.15, -0.1) is 11.3 Å². The van der Waals surface area contributed by atoms with E-state index in [1.54, 1.807) is 26.1 Å². The quantitative estimate of drug-likeness (QED) is 0.412. The number of hydrogen-bond donors (Lipinski definition) is 2. The first-order chi connectivity index (χ1) is 12.6. The SMILES string of the molecule is COCCNC(=NCC(=O)N(C)C)NCC1(c2cccs2)CCCCC1. The topological polar surface area (TPSA) is 66.0 Å². The number of rotatable bonds is 8. The Morgan fingerprint density at radius 2 is 2.08 bits per heavy atom. The molecule has 2 rings (SSSR count). The Labute approximate surface area is 161 Å². The molecule has 1 aromatic heterocycles. The minimum atomic E-state index is -0.0107. The van der Waals surface area contributed by atoms with Crippen LogP contribution in [0.1, 0.15) is 37.0 Å². The molecule has 1 saturated carbocycles. The summed E-state index contributed by atoms with van der Waals surface area (Å²) in [4.78, 5) is 19.3. The van der Waals surface area contributed by atoms with Crippen LogP contribution in [0.4, 0.5) is 0 Å². The van der Waals surface area contributed by atoms with Crippen molar-refractivity contribution in [3.05, 3.63) is 22.4 Å². The summed E-state index contributed by atoms with van der Waals surface area (Å²) in [7, 11) is 5.17. The van der Waals surface area contributed by atoms with Gasteiger partial charge in [0.15, 0.2) is 5.96 Å². The minimum absolute atomic E-state index is 0.0107. The second-order valence-corrected chi connectivity index (χ2v) is 7.99. The number of amides is 1. The average Bonchev–Trinajstić information content (AvgIpc) is 3.19. The van der Waals surface area contributed by atoms with E-state index in [0.717, 1.165) is 6.54 Å². The van der Waals surface area contributed by atoms with Crippen LogP contribution in [0.5, 0.6) is 0 Å². The van der Waals surface area contributed by atoms with Gasteiger partial charge in [0.2, 0.25) is 5.91 Å². The monoisotopic (exact) mass is 380 g/mol. The Balaban J connectivity index is 2.04. The molecule has 0 spiro atoms. The summed E-state index contributed by atoms with van der Waals surface area (Å²) in [6.07, 6.45) is 6.24. The van der Waals surface area contributed by atoms with E-state index >= 15 is 0 Å². The van der Waals surface area contributed by atoms with Gasteiger partial charge in [0.1, 0.15) is 6.54 Å². The standard InChI is InChI=1S/C19H32N4O2S/c1-23(2)17(24)14-21-18(20-11-12-25-3)22-15-19(9-5-4-6-10-19)16-8-7-13-26-16/h7-8,13H,4-6,9-12,14-15H2,1-3H3,(H2,20,21,22). The zero-order chi connectivity index (χ0) is 18.8. The number of nitrogens with zero attached hydrogens (tertiary/aromatic N) is 2. The molecule has 26 heavy (non-hydrogen) atoms. The highest BCUT2D eigenvalue weighted by molar-refractivity contribution is 7.10. The number of carbonyl (C=O) groups excluding carboxylic acids is 1. The normalized spacial score (nSPS) is 17.0. The largest absolute Gasteiger partial charge is 0.383 e. The molecule has 6 nitrogen and oxygen atoms in total. The molecule has 0 unspecified atom stereocenters. The number of thiophene rings is 1. The van der Waals surface area contributed by atoms with Crippen LogP contribution in [0.25, 0.3) is 0 Å². The van der Waals surface area contributed by atoms with Gasteiger partial charge >= 0.3 is 0 Å². The highest BCUT2D eigenvalue weighted by Gasteiger charge is 2.34. The predicted octanol–water partition coefficient (Wildman–Crippen LogP) is 2.22. The molecule has 0 bridgehead atoms. The summed E-state index contributed by atoms with van der Waals surface area (Å²) < 4.78 is 5.11. The molecule has 1 fully saturated rings. The molecule has 1 aromatic rings. The Hall–Kier alpha value is -1.60. The summed E-state index contributed by atoms with van der Waals surface area (Å²) in [6.45, 7) is 2.23. The summed E-state index contributed by atoms with van der Waals surface area (Å²) in [5.74, 6) is 0.669. The molecule has 146 valence electrons. The number of hydrogen-bond acceptors (Lipinski definition) is 4. The van der Waals surface area contributed by atoms with Crippen molar-refractivity contribution in [2.45, 2.75) is 37.5 Å². The molecule has 0 aromatic carbocycles. The number of methoxy groups -OCH3 is 1. The van der Waals surface area contributed by atoms with Crippen molar-refractivity contribution < 1.29 is 9.53 Å². The van der Waals surface area contributed by atoms with E-state index in [2.05, 4.69) is 33.1 Å². The summed E-state index contributed by atoms with van der Waals surface area (Å²) >= 11 is 1.84. The van der Waals surface area contributed by atoms with Crippen LogP contribution in [0, 0.1) is 0 Å². The first kappa shape index (κ1) is 20.7. The van der Waals surface area contributed by atoms with E-state index in [4.69, 9.17) is 4.74 Å². The predicted molar refractivity (Wildman–Crippen MR) is 108 cm³/mol. The lowest BCUT2D eigenvalue weighted by Gasteiger charge is -2.37. The molecule has 7 heteroatoms. The van der Waals surface area contributed by atoms with Gasteiger partial charge in [-0.2, -0.15) is 0 Å². The zero-order valence-corrected chi connectivity index (χ0v) is 17.0.